The summed E-state index contributed by atoms with van der Waals surface area (Å²) < 4.78 is 0. The van der Waals surface area contributed by atoms with Crippen LogP contribution in [0.25, 0.3) is 5.57 Å². The van der Waals surface area contributed by atoms with Gasteiger partial charge in [0.2, 0.25) is 11.8 Å². The molecule has 0 N–H and O–H groups in total. The number of imide groups is 1. The third-order valence-electron chi connectivity index (χ3n) is 5.71. The van der Waals surface area contributed by atoms with Crippen LogP contribution in [0.5, 0.6) is 0 Å². The van der Waals surface area contributed by atoms with Crippen molar-refractivity contribution in [2.75, 3.05) is 19.8 Å². The first-order valence-corrected chi connectivity index (χ1v) is 9.06. The molecule has 1 aliphatic carbocycles. The van der Waals surface area contributed by atoms with Crippen molar-refractivity contribution >= 4 is 17.4 Å². The monoisotopic (exact) mass is 324 g/mol. The van der Waals surface area contributed by atoms with Crippen molar-refractivity contribution in [1.82, 2.24) is 9.80 Å². The number of carbonyl (C=O) groups excluding carboxylic acids is 2. The maximum absolute atomic E-state index is 12.6. The van der Waals surface area contributed by atoms with Crippen LogP contribution in [-0.2, 0) is 9.59 Å². The summed E-state index contributed by atoms with van der Waals surface area (Å²) >= 11 is 0. The van der Waals surface area contributed by atoms with Crippen molar-refractivity contribution in [2.24, 2.45) is 11.8 Å². The second-order valence-corrected chi connectivity index (χ2v) is 7.17. The average molecular weight is 324 g/mol. The molecule has 2 aliphatic heterocycles. The van der Waals surface area contributed by atoms with E-state index >= 15 is 0 Å². The Hall–Kier alpha value is -1.94. The van der Waals surface area contributed by atoms with Crippen LogP contribution < -0.4 is 0 Å². The highest BCUT2D eigenvalue weighted by Gasteiger charge is 2.48. The Balaban J connectivity index is 1.41. The van der Waals surface area contributed by atoms with Crippen LogP contribution in [0, 0.1) is 11.8 Å². The third kappa shape index (κ3) is 2.80. The molecule has 2 heterocycles. The van der Waals surface area contributed by atoms with Gasteiger partial charge in [-0.1, -0.05) is 49.2 Å². The number of rotatable bonds is 3. The number of hydrogen-bond acceptors (Lipinski definition) is 3. The molecule has 0 aromatic heterocycles. The minimum Gasteiger partial charge on any atom is -0.282 e. The quantitative estimate of drug-likeness (QED) is 0.803. The number of carbonyl (C=O) groups is 2. The maximum atomic E-state index is 12.6. The molecule has 4 nitrogen and oxygen atoms in total. The summed E-state index contributed by atoms with van der Waals surface area (Å²) in [5.74, 6) is 0.0722. The Labute approximate surface area is 143 Å². The third-order valence-corrected chi connectivity index (χ3v) is 5.71. The zero-order chi connectivity index (χ0) is 16.5. The van der Waals surface area contributed by atoms with Gasteiger partial charge in [-0.15, -0.1) is 0 Å². The van der Waals surface area contributed by atoms with E-state index in [1.165, 1.54) is 16.0 Å². The zero-order valence-electron chi connectivity index (χ0n) is 14.0. The second kappa shape index (κ2) is 6.52. The van der Waals surface area contributed by atoms with E-state index in [0.717, 1.165) is 45.2 Å². The number of nitrogens with zero attached hydrogens (tertiary/aromatic N) is 2. The fourth-order valence-corrected chi connectivity index (χ4v) is 4.32. The molecule has 1 saturated carbocycles. The van der Waals surface area contributed by atoms with Crippen molar-refractivity contribution < 1.29 is 9.59 Å². The predicted molar refractivity (Wildman–Crippen MR) is 92.8 cm³/mol. The molecule has 2 atom stereocenters. The van der Waals surface area contributed by atoms with Gasteiger partial charge >= 0.3 is 0 Å². The standard InChI is InChI=1S/C20H24N2O2/c23-19-17-8-4-5-9-18(17)20(24)22(19)14-21-12-10-16(11-13-21)15-6-2-1-3-7-15/h1-3,6-7,10,17-18H,4-5,8-9,11-14H2/t17-,18+. The normalized spacial score (nSPS) is 28.0. The molecular formula is C20H24N2O2. The van der Waals surface area contributed by atoms with Gasteiger partial charge in [0.1, 0.15) is 0 Å². The van der Waals surface area contributed by atoms with Crippen LogP contribution in [-0.4, -0.2) is 41.4 Å². The molecule has 4 heteroatoms. The molecule has 0 radical (unpaired) electrons. The van der Waals surface area contributed by atoms with Crippen LogP contribution in [0.2, 0.25) is 0 Å². The number of fused-ring (bicyclic) bond motifs is 1. The molecule has 1 aromatic rings. The van der Waals surface area contributed by atoms with Gasteiger partial charge in [0.15, 0.2) is 0 Å². The number of hydrogen-bond donors (Lipinski definition) is 0. The van der Waals surface area contributed by atoms with E-state index in [1.54, 1.807) is 0 Å². The number of benzene rings is 1. The zero-order valence-corrected chi connectivity index (χ0v) is 14.0. The van der Waals surface area contributed by atoms with Crippen molar-refractivity contribution in [3.05, 3.63) is 42.0 Å². The highest BCUT2D eigenvalue weighted by atomic mass is 16.2. The van der Waals surface area contributed by atoms with Crippen LogP contribution in [0.4, 0.5) is 0 Å². The molecule has 1 aromatic carbocycles. The molecule has 2 fully saturated rings. The summed E-state index contributed by atoms with van der Waals surface area (Å²) in [4.78, 5) is 28.9. The van der Waals surface area contributed by atoms with Crippen LogP contribution in [0.1, 0.15) is 37.7 Å². The molecule has 2 amide bonds. The first-order chi connectivity index (χ1) is 11.7. The molecule has 0 bridgehead atoms. The molecule has 126 valence electrons. The van der Waals surface area contributed by atoms with Crippen LogP contribution in [0.15, 0.2) is 36.4 Å². The molecule has 3 aliphatic rings. The second-order valence-electron chi connectivity index (χ2n) is 7.17. The van der Waals surface area contributed by atoms with E-state index in [1.807, 2.05) is 6.07 Å². The Morgan fingerprint density at radius 3 is 2.21 bits per heavy atom. The summed E-state index contributed by atoms with van der Waals surface area (Å²) in [6, 6.07) is 10.4. The Morgan fingerprint density at radius 1 is 0.958 bits per heavy atom. The van der Waals surface area contributed by atoms with Crippen molar-refractivity contribution in [3.8, 4) is 0 Å². The molecule has 0 spiro atoms. The fraction of sp³-hybridized carbons (Fsp3) is 0.500. The molecule has 1 saturated heterocycles. The largest absolute Gasteiger partial charge is 0.282 e. The summed E-state index contributed by atoms with van der Waals surface area (Å²) in [6.07, 6.45) is 7.15. The van der Waals surface area contributed by atoms with Gasteiger partial charge in [-0.2, -0.15) is 0 Å². The fourth-order valence-electron chi connectivity index (χ4n) is 4.32. The van der Waals surface area contributed by atoms with Crippen LogP contribution in [0.3, 0.4) is 0 Å². The van der Waals surface area contributed by atoms with Gasteiger partial charge < -0.3 is 0 Å². The van der Waals surface area contributed by atoms with Crippen molar-refractivity contribution in [1.29, 1.82) is 0 Å². The summed E-state index contributed by atoms with van der Waals surface area (Å²) in [5, 5.41) is 0. The van der Waals surface area contributed by atoms with Crippen molar-refractivity contribution in [3.63, 3.8) is 0 Å². The maximum Gasteiger partial charge on any atom is 0.234 e. The summed E-state index contributed by atoms with van der Waals surface area (Å²) in [6.45, 7) is 2.16. The number of amides is 2. The predicted octanol–water partition coefficient (Wildman–Crippen LogP) is 2.91. The minimum absolute atomic E-state index is 0.0357. The van der Waals surface area contributed by atoms with Crippen LogP contribution >= 0.6 is 0 Å². The Bertz CT molecular complexity index is 643. The highest BCUT2D eigenvalue weighted by Crippen LogP contribution is 2.38. The van der Waals surface area contributed by atoms with Gasteiger partial charge in [0.25, 0.3) is 0 Å². The highest BCUT2D eigenvalue weighted by molar-refractivity contribution is 6.05. The van der Waals surface area contributed by atoms with Gasteiger partial charge in [0, 0.05) is 13.1 Å². The summed E-state index contributed by atoms with van der Waals surface area (Å²) in [7, 11) is 0. The lowest BCUT2D eigenvalue weighted by molar-refractivity contribution is -0.142. The lowest BCUT2D eigenvalue weighted by atomic mass is 9.81. The van der Waals surface area contributed by atoms with E-state index in [9.17, 15) is 9.59 Å². The van der Waals surface area contributed by atoms with Gasteiger partial charge in [0.05, 0.1) is 18.5 Å². The van der Waals surface area contributed by atoms with E-state index in [-0.39, 0.29) is 23.7 Å². The lowest BCUT2D eigenvalue weighted by Gasteiger charge is -2.29. The SMILES string of the molecule is O=C1[C@H]2CCCC[C@H]2C(=O)N1CN1CC=C(c2ccccc2)CC1. The topological polar surface area (TPSA) is 40.6 Å². The molecule has 4 rings (SSSR count). The lowest BCUT2D eigenvalue weighted by Crippen LogP contribution is -2.43. The molecular weight excluding hydrogens is 300 g/mol. The van der Waals surface area contributed by atoms with Gasteiger partial charge in [-0.05, 0) is 30.4 Å². The van der Waals surface area contributed by atoms with Gasteiger partial charge in [-0.3, -0.25) is 19.4 Å². The number of likely N-dealkylation sites (tertiary alicyclic amines) is 1. The van der Waals surface area contributed by atoms with Gasteiger partial charge in [-0.25, -0.2) is 0 Å². The van der Waals surface area contributed by atoms with E-state index < -0.39 is 0 Å². The first kappa shape index (κ1) is 15.6. The minimum atomic E-state index is -0.0357. The van der Waals surface area contributed by atoms with E-state index in [4.69, 9.17) is 0 Å². The first-order valence-electron chi connectivity index (χ1n) is 9.06. The molecule has 0 unspecified atom stereocenters. The van der Waals surface area contributed by atoms with E-state index in [2.05, 4.69) is 35.2 Å². The smallest absolute Gasteiger partial charge is 0.234 e. The summed E-state index contributed by atoms with van der Waals surface area (Å²) in [5.41, 5.74) is 2.64. The Kier molecular flexibility index (Phi) is 4.23. The Morgan fingerprint density at radius 2 is 1.62 bits per heavy atom. The molecule has 24 heavy (non-hydrogen) atoms. The van der Waals surface area contributed by atoms with Crippen molar-refractivity contribution in [2.45, 2.75) is 32.1 Å². The average Bonchev–Trinajstić information content (AvgIpc) is 2.88. The van der Waals surface area contributed by atoms with E-state index in [0.29, 0.717) is 6.67 Å².